The molecule has 0 atom stereocenters. The molecular weight excluding hydrogens is 419 g/mol. The SMILES string of the molecule is CN1C(=O)COc2cc(NC(=O)c3sc(-c4ccccc4)nc3C(F)(F)F)ccc21. The van der Waals surface area contributed by atoms with Crippen LogP contribution in [0.25, 0.3) is 10.6 Å². The number of aromatic nitrogens is 1. The zero-order chi connectivity index (χ0) is 21.5. The maximum atomic E-state index is 13.5. The number of fused-ring (bicyclic) bond motifs is 1. The Bertz CT molecular complexity index is 1130. The molecule has 0 spiro atoms. The molecule has 2 aromatic carbocycles. The highest BCUT2D eigenvalue weighted by atomic mass is 32.1. The van der Waals surface area contributed by atoms with Crippen molar-refractivity contribution in [3.8, 4) is 16.3 Å². The number of benzene rings is 2. The number of halogens is 3. The Morgan fingerprint density at radius 1 is 1.20 bits per heavy atom. The van der Waals surface area contributed by atoms with Gasteiger partial charge < -0.3 is 15.0 Å². The van der Waals surface area contributed by atoms with E-state index in [0.29, 0.717) is 28.3 Å². The maximum absolute atomic E-state index is 13.5. The molecule has 1 N–H and O–H groups in total. The minimum atomic E-state index is -4.78. The quantitative estimate of drug-likeness (QED) is 0.663. The minimum Gasteiger partial charge on any atom is -0.481 e. The standard InChI is InChI=1S/C20H14F3N3O3S/c1-26-13-8-7-12(9-14(13)29-10-15(26)27)24-18(28)16-17(20(21,22)23)25-19(30-16)11-5-3-2-4-6-11/h2-9H,10H2,1H3,(H,24,28). The number of nitrogens with zero attached hydrogens (tertiary/aromatic N) is 2. The average Bonchev–Trinajstić information content (AvgIpc) is 3.18. The van der Waals surface area contributed by atoms with Crippen LogP contribution in [0.15, 0.2) is 48.5 Å². The molecular formula is C20H14F3N3O3S. The topological polar surface area (TPSA) is 71.5 Å². The molecule has 0 fully saturated rings. The Morgan fingerprint density at radius 2 is 1.93 bits per heavy atom. The summed E-state index contributed by atoms with van der Waals surface area (Å²) in [6.07, 6.45) is -4.78. The third-order valence-corrected chi connectivity index (χ3v) is 5.53. The van der Waals surface area contributed by atoms with Crippen LogP contribution in [0.5, 0.6) is 5.75 Å². The first-order valence-electron chi connectivity index (χ1n) is 8.72. The van der Waals surface area contributed by atoms with Gasteiger partial charge in [0.15, 0.2) is 12.3 Å². The molecule has 0 radical (unpaired) electrons. The van der Waals surface area contributed by atoms with Crippen LogP contribution in [-0.2, 0) is 11.0 Å². The van der Waals surface area contributed by atoms with E-state index in [4.69, 9.17) is 4.74 Å². The van der Waals surface area contributed by atoms with E-state index >= 15 is 0 Å². The summed E-state index contributed by atoms with van der Waals surface area (Å²) in [5.74, 6) is -0.811. The van der Waals surface area contributed by atoms with E-state index in [-0.39, 0.29) is 23.2 Å². The van der Waals surface area contributed by atoms with Gasteiger partial charge >= 0.3 is 6.18 Å². The summed E-state index contributed by atoms with van der Waals surface area (Å²) in [6, 6.07) is 12.8. The van der Waals surface area contributed by atoms with Crippen LogP contribution < -0.4 is 15.0 Å². The molecule has 30 heavy (non-hydrogen) atoms. The molecule has 154 valence electrons. The van der Waals surface area contributed by atoms with Crippen molar-refractivity contribution < 1.29 is 27.5 Å². The van der Waals surface area contributed by atoms with Crippen molar-refractivity contribution in [3.05, 3.63) is 59.1 Å². The highest BCUT2D eigenvalue weighted by Gasteiger charge is 2.40. The Hall–Kier alpha value is -3.40. The number of hydrogen-bond donors (Lipinski definition) is 1. The molecule has 2 amide bonds. The van der Waals surface area contributed by atoms with Crippen molar-refractivity contribution in [2.24, 2.45) is 0 Å². The number of thiazole rings is 1. The number of amides is 2. The molecule has 0 saturated carbocycles. The molecule has 0 unspecified atom stereocenters. The minimum absolute atomic E-state index is 0.0991. The fraction of sp³-hybridized carbons (Fsp3) is 0.150. The first-order chi connectivity index (χ1) is 14.2. The fourth-order valence-electron chi connectivity index (χ4n) is 2.91. The highest BCUT2D eigenvalue weighted by Crippen LogP contribution is 2.39. The number of rotatable bonds is 3. The normalized spacial score (nSPS) is 13.6. The fourth-order valence-corrected chi connectivity index (χ4v) is 3.90. The predicted molar refractivity (Wildman–Crippen MR) is 106 cm³/mol. The van der Waals surface area contributed by atoms with Crippen LogP contribution >= 0.6 is 11.3 Å². The lowest BCUT2D eigenvalue weighted by Crippen LogP contribution is -2.35. The average molecular weight is 433 g/mol. The van der Waals surface area contributed by atoms with Gasteiger partial charge in [-0.1, -0.05) is 30.3 Å². The largest absolute Gasteiger partial charge is 0.481 e. The molecule has 3 aromatic rings. The zero-order valence-electron chi connectivity index (χ0n) is 15.5. The third-order valence-electron chi connectivity index (χ3n) is 4.43. The molecule has 10 heteroatoms. The summed E-state index contributed by atoms with van der Waals surface area (Å²) in [5.41, 5.74) is -0.000929. The van der Waals surface area contributed by atoms with Gasteiger partial charge in [0.2, 0.25) is 0 Å². The van der Waals surface area contributed by atoms with Crippen LogP contribution in [0.1, 0.15) is 15.4 Å². The van der Waals surface area contributed by atoms with Crippen molar-refractivity contribution in [3.63, 3.8) is 0 Å². The van der Waals surface area contributed by atoms with Gasteiger partial charge in [-0.05, 0) is 12.1 Å². The number of hydrogen-bond acceptors (Lipinski definition) is 5. The number of anilines is 2. The molecule has 6 nitrogen and oxygen atoms in total. The molecule has 0 aliphatic carbocycles. The summed E-state index contributed by atoms with van der Waals surface area (Å²) in [6.45, 7) is -0.158. The van der Waals surface area contributed by atoms with E-state index in [1.54, 1.807) is 43.4 Å². The van der Waals surface area contributed by atoms with Crippen molar-refractivity contribution >= 4 is 34.5 Å². The lowest BCUT2D eigenvalue weighted by atomic mass is 10.2. The summed E-state index contributed by atoms with van der Waals surface area (Å²) in [7, 11) is 1.58. The van der Waals surface area contributed by atoms with Gasteiger partial charge in [-0.2, -0.15) is 13.2 Å². The number of alkyl halides is 3. The summed E-state index contributed by atoms with van der Waals surface area (Å²) < 4.78 is 45.8. The Kier molecular flexibility index (Phi) is 4.94. The summed E-state index contributed by atoms with van der Waals surface area (Å²) in [5, 5.41) is 2.56. The van der Waals surface area contributed by atoms with Crippen LogP contribution in [0.3, 0.4) is 0 Å². The van der Waals surface area contributed by atoms with Crippen LogP contribution in [0, 0.1) is 0 Å². The van der Waals surface area contributed by atoms with Crippen molar-refractivity contribution in [1.82, 2.24) is 4.98 Å². The maximum Gasteiger partial charge on any atom is 0.435 e. The lowest BCUT2D eigenvalue weighted by molar-refractivity contribution is -0.141. The van der Waals surface area contributed by atoms with E-state index < -0.39 is 22.7 Å². The van der Waals surface area contributed by atoms with Crippen LogP contribution in [-0.4, -0.2) is 30.5 Å². The highest BCUT2D eigenvalue weighted by molar-refractivity contribution is 7.17. The van der Waals surface area contributed by atoms with Crippen molar-refractivity contribution in [2.45, 2.75) is 6.18 Å². The first kappa shape index (κ1) is 19.9. The van der Waals surface area contributed by atoms with E-state index in [2.05, 4.69) is 10.3 Å². The van der Waals surface area contributed by atoms with E-state index in [9.17, 15) is 22.8 Å². The molecule has 4 rings (SSSR count). The van der Waals surface area contributed by atoms with Gasteiger partial charge in [-0.3, -0.25) is 9.59 Å². The van der Waals surface area contributed by atoms with E-state index in [1.165, 1.54) is 17.0 Å². The summed E-state index contributed by atoms with van der Waals surface area (Å²) >= 11 is 0.669. The lowest BCUT2D eigenvalue weighted by Gasteiger charge is -2.26. The monoisotopic (exact) mass is 433 g/mol. The molecule has 2 heterocycles. The third kappa shape index (κ3) is 3.73. The molecule has 0 bridgehead atoms. The molecule has 1 aliphatic rings. The first-order valence-corrected chi connectivity index (χ1v) is 9.54. The second-order valence-electron chi connectivity index (χ2n) is 6.44. The smallest absolute Gasteiger partial charge is 0.435 e. The van der Waals surface area contributed by atoms with Gasteiger partial charge in [-0.15, -0.1) is 11.3 Å². The second kappa shape index (κ2) is 7.45. The number of likely N-dealkylation sites (N-methyl/N-ethyl adjacent to an activating group) is 1. The summed E-state index contributed by atoms with van der Waals surface area (Å²) in [4.78, 5) is 28.9. The second-order valence-corrected chi connectivity index (χ2v) is 7.44. The van der Waals surface area contributed by atoms with E-state index in [0.717, 1.165) is 0 Å². The van der Waals surface area contributed by atoms with Crippen LogP contribution in [0.2, 0.25) is 0 Å². The van der Waals surface area contributed by atoms with Crippen molar-refractivity contribution in [1.29, 1.82) is 0 Å². The number of carbonyl (C=O) groups is 2. The Labute approximate surface area is 172 Å². The molecule has 0 saturated heterocycles. The van der Waals surface area contributed by atoms with E-state index in [1.807, 2.05) is 0 Å². The Morgan fingerprint density at radius 3 is 2.63 bits per heavy atom. The van der Waals surface area contributed by atoms with Gasteiger partial charge in [0, 0.05) is 24.4 Å². The Balaban J connectivity index is 1.65. The van der Waals surface area contributed by atoms with Crippen molar-refractivity contribution in [2.75, 3.05) is 23.9 Å². The number of carbonyl (C=O) groups excluding carboxylic acids is 2. The van der Waals surface area contributed by atoms with Gasteiger partial charge in [0.05, 0.1) is 5.69 Å². The molecule has 1 aliphatic heterocycles. The van der Waals surface area contributed by atoms with Gasteiger partial charge in [0.1, 0.15) is 15.6 Å². The number of nitrogens with one attached hydrogen (secondary N) is 1. The zero-order valence-corrected chi connectivity index (χ0v) is 16.3. The van der Waals surface area contributed by atoms with Gasteiger partial charge in [-0.25, -0.2) is 4.98 Å². The molecule has 1 aromatic heterocycles. The number of ether oxygens (including phenoxy) is 1. The van der Waals surface area contributed by atoms with Crippen LogP contribution in [0.4, 0.5) is 24.5 Å². The van der Waals surface area contributed by atoms with Gasteiger partial charge in [0.25, 0.3) is 11.8 Å². The predicted octanol–water partition coefficient (Wildman–Crippen LogP) is 4.44.